The lowest BCUT2D eigenvalue weighted by atomic mass is 10.2. The van der Waals surface area contributed by atoms with Gasteiger partial charge in [-0.25, -0.2) is 12.8 Å². The maximum absolute atomic E-state index is 12.8. The van der Waals surface area contributed by atoms with Gasteiger partial charge in [0.15, 0.2) is 9.84 Å². The molecule has 0 heterocycles. The van der Waals surface area contributed by atoms with E-state index in [4.69, 9.17) is 0 Å². The molecule has 0 aliphatic rings. The van der Waals surface area contributed by atoms with E-state index < -0.39 is 27.0 Å². The summed E-state index contributed by atoms with van der Waals surface area (Å²) in [6, 6.07) is 4.75. The van der Waals surface area contributed by atoms with Crippen molar-refractivity contribution in [1.82, 2.24) is 0 Å². The number of hydrogen-bond donors (Lipinski definition) is 1. The van der Waals surface area contributed by atoms with E-state index in [9.17, 15) is 17.9 Å². The lowest BCUT2D eigenvalue weighted by molar-refractivity contribution is 0.105. The molecule has 0 aromatic heterocycles. The lowest BCUT2D eigenvalue weighted by Gasteiger charge is -2.16. The molecule has 1 aromatic rings. The summed E-state index contributed by atoms with van der Waals surface area (Å²) in [6.45, 7) is 2.79. The molecule has 1 rings (SSSR count). The fourth-order valence-corrected chi connectivity index (χ4v) is 2.88. The third-order valence-electron chi connectivity index (χ3n) is 1.70. The first-order valence-corrected chi connectivity index (χ1v) is 6.07. The minimum Gasteiger partial charge on any atom is -0.389 e. The molecule has 5 heteroatoms. The zero-order chi connectivity index (χ0) is 11.7. The highest BCUT2D eigenvalue weighted by atomic mass is 32.2. The Morgan fingerprint density at radius 3 is 2.47 bits per heavy atom. The van der Waals surface area contributed by atoms with Gasteiger partial charge in [0.25, 0.3) is 0 Å². The zero-order valence-electron chi connectivity index (χ0n) is 8.57. The van der Waals surface area contributed by atoms with Crippen LogP contribution in [-0.4, -0.2) is 24.9 Å². The molecule has 1 N–H and O–H groups in total. The fourth-order valence-electron chi connectivity index (χ4n) is 1.21. The van der Waals surface area contributed by atoms with Gasteiger partial charge in [-0.05, 0) is 32.0 Å². The second kappa shape index (κ2) is 3.90. The molecule has 0 saturated heterocycles. The van der Waals surface area contributed by atoms with Gasteiger partial charge in [-0.15, -0.1) is 0 Å². The van der Waals surface area contributed by atoms with E-state index in [1.54, 1.807) is 0 Å². The van der Waals surface area contributed by atoms with Crippen LogP contribution in [0.5, 0.6) is 0 Å². The molecule has 0 aliphatic carbocycles. The fraction of sp³-hybridized carbons (Fsp3) is 0.400. The van der Waals surface area contributed by atoms with Crippen LogP contribution >= 0.6 is 0 Å². The molecule has 0 amide bonds. The Morgan fingerprint density at radius 2 is 2.00 bits per heavy atom. The smallest absolute Gasteiger partial charge is 0.181 e. The van der Waals surface area contributed by atoms with Crippen LogP contribution < -0.4 is 0 Å². The van der Waals surface area contributed by atoms with Crippen LogP contribution in [0.3, 0.4) is 0 Å². The van der Waals surface area contributed by atoms with E-state index in [2.05, 4.69) is 0 Å². The van der Waals surface area contributed by atoms with Gasteiger partial charge in [-0.3, -0.25) is 0 Å². The van der Waals surface area contributed by atoms with E-state index in [-0.39, 0.29) is 4.90 Å². The van der Waals surface area contributed by atoms with Crippen LogP contribution in [0.1, 0.15) is 13.8 Å². The monoisotopic (exact) mass is 232 g/mol. The summed E-state index contributed by atoms with van der Waals surface area (Å²) in [5.74, 6) is -1.03. The molecule has 0 unspecified atom stereocenters. The highest BCUT2D eigenvalue weighted by Crippen LogP contribution is 2.16. The molecule has 0 fully saturated rings. The van der Waals surface area contributed by atoms with E-state index in [1.807, 2.05) is 0 Å². The molecule has 1 aromatic carbocycles. The molecule has 0 atom stereocenters. The normalized spacial score (nSPS) is 12.8. The molecule has 0 spiro atoms. The van der Waals surface area contributed by atoms with Crippen molar-refractivity contribution >= 4 is 9.84 Å². The highest BCUT2D eigenvalue weighted by molar-refractivity contribution is 7.91. The highest BCUT2D eigenvalue weighted by Gasteiger charge is 2.25. The molecule has 0 saturated carbocycles. The Morgan fingerprint density at radius 1 is 1.40 bits per heavy atom. The first-order chi connectivity index (χ1) is 6.71. The Bertz CT molecular complexity index is 446. The predicted molar refractivity (Wildman–Crippen MR) is 54.8 cm³/mol. The summed E-state index contributed by atoms with van der Waals surface area (Å²) in [5, 5.41) is 9.41. The SMILES string of the molecule is CC(C)(O)CS(=O)(=O)c1cccc(F)c1. The average molecular weight is 232 g/mol. The minimum atomic E-state index is -3.63. The molecular formula is C10H13FO3S. The third kappa shape index (κ3) is 3.60. The summed E-state index contributed by atoms with van der Waals surface area (Å²) in [5.41, 5.74) is -1.33. The van der Waals surface area contributed by atoms with E-state index in [0.29, 0.717) is 0 Å². The van der Waals surface area contributed by atoms with Gasteiger partial charge in [0.2, 0.25) is 0 Å². The summed E-state index contributed by atoms with van der Waals surface area (Å²) >= 11 is 0. The quantitative estimate of drug-likeness (QED) is 0.856. The van der Waals surface area contributed by atoms with Crippen LogP contribution in [0.2, 0.25) is 0 Å². The summed E-state index contributed by atoms with van der Waals surface area (Å²) in [6.07, 6.45) is 0. The van der Waals surface area contributed by atoms with Crippen molar-refractivity contribution in [3.05, 3.63) is 30.1 Å². The Kier molecular flexibility index (Phi) is 3.16. The van der Waals surface area contributed by atoms with Gasteiger partial charge >= 0.3 is 0 Å². The lowest BCUT2D eigenvalue weighted by Crippen LogP contribution is -2.30. The standard InChI is InChI=1S/C10H13FO3S/c1-10(2,12)7-15(13,14)9-5-3-4-8(11)6-9/h3-6,12H,7H2,1-2H3. The van der Waals surface area contributed by atoms with Crippen LogP contribution in [0, 0.1) is 5.82 Å². The molecule has 0 aliphatic heterocycles. The van der Waals surface area contributed by atoms with Crippen molar-refractivity contribution < 1.29 is 17.9 Å². The molecular weight excluding hydrogens is 219 g/mol. The van der Waals surface area contributed by atoms with Crippen molar-refractivity contribution in [3.63, 3.8) is 0 Å². The average Bonchev–Trinajstić information content (AvgIpc) is 1.99. The number of hydrogen-bond acceptors (Lipinski definition) is 3. The largest absolute Gasteiger partial charge is 0.389 e. The van der Waals surface area contributed by atoms with Crippen molar-refractivity contribution in [3.8, 4) is 0 Å². The maximum Gasteiger partial charge on any atom is 0.181 e. The first kappa shape index (κ1) is 12.1. The predicted octanol–water partition coefficient (Wildman–Crippen LogP) is 1.37. The molecule has 84 valence electrons. The molecule has 0 bridgehead atoms. The zero-order valence-corrected chi connectivity index (χ0v) is 9.38. The van der Waals surface area contributed by atoms with Crippen LogP contribution in [0.15, 0.2) is 29.2 Å². The minimum absolute atomic E-state index is 0.107. The number of aliphatic hydroxyl groups is 1. The van der Waals surface area contributed by atoms with Crippen LogP contribution in [0.4, 0.5) is 4.39 Å². The molecule has 0 radical (unpaired) electrons. The van der Waals surface area contributed by atoms with Gasteiger partial charge in [0, 0.05) is 0 Å². The van der Waals surface area contributed by atoms with Gasteiger partial charge in [0.05, 0.1) is 16.2 Å². The van der Waals surface area contributed by atoms with Crippen LogP contribution in [-0.2, 0) is 9.84 Å². The third-order valence-corrected chi connectivity index (χ3v) is 3.76. The van der Waals surface area contributed by atoms with Gasteiger partial charge in [-0.2, -0.15) is 0 Å². The summed E-state index contributed by atoms with van der Waals surface area (Å²) < 4.78 is 36.2. The topological polar surface area (TPSA) is 54.4 Å². The van der Waals surface area contributed by atoms with Crippen molar-refractivity contribution in [1.29, 1.82) is 0 Å². The van der Waals surface area contributed by atoms with E-state index >= 15 is 0 Å². The van der Waals surface area contributed by atoms with Gasteiger partial charge in [0.1, 0.15) is 5.82 Å². The van der Waals surface area contributed by atoms with Crippen LogP contribution in [0.25, 0.3) is 0 Å². The summed E-state index contributed by atoms with van der Waals surface area (Å²) in [4.78, 5) is -0.107. The Labute approximate surface area is 88.5 Å². The molecule has 3 nitrogen and oxygen atoms in total. The van der Waals surface area contributed by atoms with Crippen molar-refractivity contribution in [2.45, 2.75) is 24.3 Å². The maximum atomic E-state index is 12.8. The van der Waals surface area contributed by atoms with E-state index in [0.717, 1.165) is 6.07 Å². The number of rotatable bonds is 3. The summed E-state index contributed by atoms with van der Waals surface area (Å²) in [7, 11) is -3.63. The second-order valence-corrected chi connectivity index (χ2v) is 6.02. The Hall–Kier alpha value is -0.940. The van der Waals surface area contributed by atoms with E-state index in [1.165, 1.54) is 32.0 Å². The Balaban J connectivity index is 3.07. The number of halogens is 1. The number of benzene rings is 1. The first-order valence-electron chi connectivity index (χ1n) is 4.41. The van der Waals surface area contributed by atoms with Crippen molar-refractivity contribution in [2.24, 2.45) is 0 Å². The van der Waals surface area contributed by atoms with Crippen molar-refractivity contribution in [2.75, 3.05) is 5.75 Å². The second-order valence-electron chi connectivity index (χ2n) is 4.03. The molecule has 15 heavy (non-hydrogen) atoms. The number of sulfone groups is 1. The van der Waals surface area contributed by atoms with Gasteiger partial charge in [-0.1, -0.05) is 6.07 Å². The van der Waals surface area contributed by atoms with Gasteiger partial charge < -0.3 is 5.11 Å².